The van der Waals surface area contributed by atoms with Crippen LogP contribution in [0, 0.1) is 0 Å². The van der Waals surface area contributed by atoms with Gasteiger partial charge in [0.15, 0.2) is 11.4 Å². The Bertz CT molecular complexity index is 1270. The number of hydrogen-bond acceptors (Lipinski definition) is 4. The van der Waals surface area contributed by atoms with Crippen LogP contribution in [0.25, 0.3) is 0 Å². The number of nitrogens with zero attached hydrogens (tertiary/aromatic N) is 3. The van der Waals surface area contributed by atoms with Crippen LogP contribution in [0.1, 0.15) is 65.3 Å². The van der Waals surface area contributed by atoms with E-state index in [2.05, 4.69) is 41.4 Å². The summed E-state index contributed by atoms with van der Waals surface area (Å²) in [5.41, 5.74) is 3.16. The highest BCUT2D eigenvalue weighted by Crippen LogP contribution is 2.41. The zero-order valence-corrected chi connectivity index (χ0v) is 18.4. The van der Waals surface area contributed by atoms with Gasteiger partial charge >= 0.3 is 0 Å². The van der Waals surface area contributed by atoms with Gasteiger partial charge in [-0.3, -0.25) is 19.3 Å². The smallest absolute Gasteiger partial charge is 0.278 e. The number of aromatic nitrogens is 1. The van der Waals surface area contributed by atoms with Crippen molar-refractivity contribution in [1.29, 1.82) is 0 Å². The summed E-state index contributed by atoms with van der Waals surface area (Å²) in [5, 5.41) is 13.0. The van der Waals surface area contributed by atoms with Gasteiger partial charge in [0.1, 0.15) is 6.17 Å². The van der Waals surface area contributed by atoms with E-state index in [4.69, 9.17) is 0 Å². The molecule has 6 rings (SSSR count). The van der Waals surface area contributed by atoms with E-state index in [0.29, 0.717) is 0 Å². The van der Waals surface area contributed by atoms with Gasteiger partial charge < -0.3 is 10.0 Å². The SMILES string of the molecule is O=C1c2c(O)c(=O)ccn2N2C(CCCc3ccccc3[C@H]2c2ccccc2)N1C1CCC1. The lowest BCUT2D eigenvalue weighted by Crippen LogP contribution is -2.66. The van der Waals surface area contributed by atoms with E-state index in [1.807, 2.05) is 23.1 Å². The van der Waals surface area contributed by atoms with Crippen molar-refractivity contribution in [1.82, 2.24) is 9.58 Å². The molecule has 2 aromatic carbocycles. The van der Waals surface area contributed by atoms with Crippen molar-refractivity contribution < 1.29 is 9.90 Å². The maximum Gasteiger partial charge on any atom is 0.278 e. The molecule has 3 aromatic rings. The molecule has 1 aromatic heterocycles. The highest BCUT2D eigenvalue weighted by molar-refractivity contribution is 5.96. The molecule has 1 amide bonds. The fraction of sp³-hybridized carbons (Fsp3) is 0.333. The fourth-order valence-corrected chi connectivity index (χ4v) is 5.69. The summed E-state index contributed by atoms with van der Waals surface area (Å²) in [4.78, 5) is 28.1. The number of amides is 1. The third-order valence-electron chi connectivity index (χ3n) is 7.47. The second-order valence-electron chi connectivity index (χ2n) is 9.28. The number of hydrogen-bond donors (Lipinski definition) is 1. The molecular formula is C27H27N3O3. The number of benzene rings is 2. The molecule has 0 saturated heterocycles. The molecule has 3 aliphatic rings. The summed E-state index contributed by atoms with van der Waals surface area (Å²) in [6.07, 6.45) is 7.25. The number of pyridine rings is 1. The van der Waals surface area contributed by atoms with Crippen LogP contribution in [0.3, 0.4) is 0 Å². The van der Waals surface area contributed by atoms with Gasteiger partial charge in [-0.05, 0) is 55.2 Å². The van der Waals surface area contributed by atoms with Gasteiger partial charge in [-0.15, -0.1) is 0 Å². The first-order chi connectivity index (χ1) is 16.1. The third kappa shape index (κ3) is 3.08. The lowest BCUT2D eigenvalue weighted by molar-refractivity contribution is 0.0248. The highest BCUT2D eigenvalue weighted by atomic mass is 16.3. The van der Waals surface area contributed by atoms with E-state index in [1.54, 1.807) is 10.9 Å². The van der Waals surface area contributed by atoms with Crippen molar-refractivity contribution in [2.24, 2.45) is 0 Å². The Labute approximate surface area is 192 Å². The van der Waals surface area contributed by atoms with Crippen LogP contribution in [0.15, 0.2) is 71.7 Å². The molecule has 0 bridgehead atoms. The maximum atomic E-state index is 13.7. The Morgan fingerprint density at radius 2 is 1.61 bits per heavy atom. The van der Waals surface area contributed by atoms with Crippen LogP contribution in [-0.2, 0) is 6.42 Å². The van der Waals surface area contributed by atoms with E-state index in [-0.39, 0.29) is 29.9 Å². The largest absolute Gasteiger partial charge is 0.502 e. The predicted molar refractivity (Wildman–Crippen MR) is 126 cm³/mol. The minimum atomic E-state index is -0.523. The molecule has 2 aliphatic heterocycles. The van der Waals surface area contributed by atoms with E-state index in [1.165, 1.54) is 17.2 Å². The van der Waals surface area contributed by atoms with Crippen LogP contribution in [0.2, 0.25) is 0 Å². The predicted octanol–water partition coefficient (Wildman–Crippen LogP) is 3.95. The standard InChI is InChI=1S/C27H27N3O3/c31-22-16-17-28-25(26(22)32)27(33)29(20-12-7-13-20)23-15-6-11-18-8-4-5-14-21(18)24(30(23)28)19-9-2-1-3-10-19/h1-5,8-10,14,16-17,20,23-24,32H,6-7,11-13,15H2/t23?,24-/m1/s1. The topological polar surface area (TPSA) is 65.8 Å². The number of aryl methyl sites for hydroxylation is 1. The summed E-state index contributed by atoms with van der Waals surface area (Å²) in [7, 11) is 0. The second kappa shape index (κ2) is 7.80. The average molecular weight is 442 g/mol. The molecule has 6 heteroatoms. The van der Waals surface area contributed by atoms with E-state index < -0.39 is 11.2 Å². The fourth-order valence-electron chi connectivity index (χ4n) is 5.69. The molecule has 6 nitrogen and oxygen atoms in total. The van der Waals surface area contributed by atoms with Crippen LogP contribution >= 0.6 is 0 Å². The lowest BCUT2D eigenvalue weighted by atomic mass is 9.86. The molecule has 1 aliphatic carbocycles. The molecular weight excluding hydrogens is 414 g/mol. The van der Waals surface area contributed by atoms with Crippen molar-refractivity contribution in [2.45, 2.75) is 56.8 Å². The van der Waals surface area contributed by atoms with Gasteiger partial charge in [0.2, 0.25) is 5.43 Å². The van der Waals surface area contributed by atoms with Crippen LogP contribution < -0.4 is 10.4 Å². The van der Waals surface area contributed by atoms with Gasteiger partial charge in [0.25, 0.3) is 5.91 Å². The van der Waals surface area contributed by atoms with E-state index in [0.717, 1.165) is 44.1 Å². The summed E-state index contributed by atoms with van der Waals surface area (Å²) < 4.78 is 1.75. The summed E-state index contributed by atoms with van der Waals surface area (Å²) >= 11 is 0. The minimum Gasteiger partial charge on any atom is -0.502 e. The van der Waals surface area contributed by atoms with Crippen molar-refractivity contribution in [3.63, 3.8) is 0 Å². The first-order valence-electron chi connectivity index (χ1n) is 11.8. The molecule has 33 heavy (non-hydrogen) atoms. The molecule has 0 spiro atoms. The Balaban J connectivity index is 1.64. The molecule has 1 saturated carbocycles. The third-order valence-corrected chi connectivity index (χ3v) is 7.47. The maximum absolute atomic E-state index is 13.7. The molecule has 3 heterocycles. The summed E-state index contributed by atoms with van der Waals surface area (Å²) in [5.74, 6) is -0.704. The quantitative estimate of drug-likeness (QED) is 0.654. The molecule has 1 N–H and O–H groups in total. The summed E-state index contributed by atoms with van der Waals surface area (Å²) in [6, 6.07) is 20.1. The lowest BCUT2D eigenvalue weighted by Gasteiger charge is -2.54. The molecule has 2 atom stereocenters. The summed E-state index contributed by atoms with van der Waals surface area (Å²) in [6.45, 7) is 0. The highest BCUT2D eigenvalue weighted by Gasteiger charge is 2.47. The Hall–Kier alpha value is -3.54. The minimum absolute atomic E-state index is 0.0737. The molecule has 0 radical (unpaired) electrons. The number of carbonyl (C=O) groups is 1. The van der Waals surface area contributed by atoms with Gasteiger partial charge in [-0.1, -0.05) is 54.6 Å². The molecule has 168 valence electrons. The van der Waals surface area contributed by atoms with E-state index >= 15 is 0 Å². The first-order valence-corrected chi connectivity index (χ1v) is 11.8. The second-order valence-corrected chi connectivity index (χ2v) is 9.28. The van der Waals surface area contributed by atoms with Crippen molar-refractivity contribution in [2.75, 3.05) is 5.01 Å². The molecule has 1 unspecified atom stereocenters. The average Bonchev–Trinajstić information content (AvgIpc) is 2.79. The zero-order chi connectivity index (χ0) is 22.5. The van der Waals surface area contributed by atoms with Gasteiger partial charge in [0, 0.05) is 18.3 Å². The monoisotopic (exact) mass is 441 g/mol. The van der Waals surface area contributed by atoms with Crippen molar-refractivity contribution in [3.05, 3.63) is 99.5 Å². The number of rotatable bonds is 2. The van der Waals surface area contributed by atoms with Gasteiger partial charge in [-0.2, -0.15) is 0 Å². The van der Waals surface area contributed by atoms with Crippen molar-refractivity contribution in [3.8, 4) is 5.75 Å². The number of aromatic hydroxyl groups is 1. The zero-order valence-electron chi connectivity index (χ0n) is 18.4. The van der Waals surface area contributed by atoms with E-state index in [9.17, 15) is 14.7 Å². The molecule has 1 fully saturated rings. The van der Waals surface area contributed by atoms with Gasteiger partial charge in [0.05, 0.1) is 6.04 Å². The van der Waals surface area contributed by atoms with Crippen molar-refractivity contribution >= 4 is 5.91 Å². The Kier molecular flexibility index (Phi) is 4.75. The Morgan fingerprint density at radius 3 is 2.36 bits per heavy atom. The first kappa shape index (κ1) is 20.1. The van der Waals surface area contributed by atoms with Crippen LogP contribution in [0.4, 0.5) is 0 Å². The van der Waals surface area contributed by atoms with Crippen LogP contribution in [-0.4, -0.2) is 32.8 Å². The normalized spacial score (nSPS) is 22.5. The van der Waals surface area contributed by atoms with Crippen LogP contribution in [0.5, 0.6) is 5.75 Å². The van der Waals surface area contributed by atoms with Gasteiger partial charge in [-0.25, -0.2) is 0 Å². The number of fused-ring (bicyclic) bond motifs is 4. The number of carbonyl (C=O) groups excluding carboxylic acids is 1. The Morgan fingerprint density at radius 1 is 0.848 bits per heavy atom.